The largest absolute Gasteiger partial charge is 0.322 e. The summed E-state index contributed by atoms with van der Waals surface area (Å²) in [6, 6.07) is 1.71. The number of amides is 1. The molecule has 0 saturated heterocycles. The van der Waals surface area contributed by atoms with Crippen LogP contribution in [0.5, 0.6) is 0 Å². The van der Waals surface area contributed by atoms with Crippen molar-refractivity contribution < 1.29 is 18.5 Å². The molecule has 0 aliphatic carbocycles. The average Bonchev–Trinajstić information content (AvgIpc) is 2.91. The standard InChI is InChI=1S/C12H10F2N4O3/c1-7(17-6-9(5-15-17)18(20)21)12(19)16-11-4-8(13)2-3-10(11)14/h2-7H,1H3,(H,16,19)/t7-/m1/s1. The van der Waals surface area contributed by atoms with Crippen molar-refractivity contribution >= 4 is 17.3 Å². The number of halogens is 2. The Balaban J connectivity index is 2.15. The number of nitro groups is 1. The summed E-state index contributed by atoms with van der Waals surface area (Å²) in [7, 11) is 0. The quantitative estimate of drug-likeness (QED) is 0.692. The van der Waals surface area contributed by atoms with Gasteiger partial charge in [-0.3, -0.25) is 19.6 Å². The first kappa shape index (κ1) is 14.6. The Bertz CT molecular complexity index is 702. The fourth-order valence-electron chi connectivity index (χ4n) is 1.58. The van der Waals surface area contributed by atoms with E-state index in [4.69, 9.17) is 0 Å². The van der Waals surface area contributed by atoms with Gasteiger partial charge in [0.2, 0.25) is 5.91 Å². The highest BCUT2D eigenvalue weighted by Crippen LogP contribution is 2.18. The molecule has 0 radical (unpaired) electrons. The molecule has 1 aromatic heterocycles. The topological polar surface area (TPSA) is 90.1 Å². The van der Waals surface area contributed by atoms with Crippen LogP contribution in [0.1, 0.15) is 13.0 Å². The van der Waals surface area contributed by atoms with Crippen LogP contribution in [0.3, 0.4) is 0 Å². The first-order valence-corrected chi connectivity index (χ1v) is 5.83. The molecule has 0 aliphatic heterocycles. The fraction of sp³-hybridized carbons (Fsp3) is 0.167. The Labute approximate surface area is 117 Å². The van der Waals surface area contributed by atoms with Gasteiger partial charge in [-0.2, -0.15) is 5.10 Å². The fourth-order valence-corrected chi connectivity index (χ4v) is 1.58. The smallest absolute Gasteiger partial charge is 0.307 e. The predicted molar refractivity (Wildman–Crippen MR) is 68.6 cm³/mol. The molecule has 2 aromatic rings. The molecule has 0 saturated carbocycles. The normalized spacial score (nSPS) is 12.0. The van der Waals surface area contributed by atoms with Crippen LogP contribution in [0.15, 0.2) is 30.6 Å². The van der Waals surface area contributed by atoms with E-state index in [1.54, 1.807) is 0 Å². The van der Waals surface area contributed by atoms with Crippen molar-refractivity contribution in [1.29, 1.82) is 0 Å². The summed E-state index contributed by atoms with van der Waals surface area (Å²) in [5.74, 6) is -2.17. The molecule has 2 rings (SSSR count). The van der Waals surface area contributed by atoms with Gasteiger partial charge in [-0.15, -0.1) is 0 Å². The van der Waals surface area contributed by atoms with E-state index in [-0.39, 0.29) is 11.4 Å². The zero-order valence-corrected chi connectivity index (χ0v) is 10.8. The van der Waals surface area contributed by atoms with Crippen molar-refractivity contribution in [2.75, 3.05) is 5.32 Å². The SMILES string of the molecule is C[C@H](C(=O)Nc1cc(F)ccc1F)n1cc([N+](=O)[O-])cn1. The van der Waals surface area contributed by atoms with Crippen LogP contribution in [0.25, 0.3) is 0 Å². The summed E-state index contributed by atoms with van der Waals surface area (Å²) in [5.41, 5.74) is -0.583. The number of aromatic nitrogens is 2. The molecule has 1 heterocycles. The van der Waals surface area contributed by atoms with Crippen LogP contribution in [-0.2, 0) is 4.79 Å². The van der Waals surface area contributed by atoms with E-state index in [1.165, 1.54) is 6.92 Å². The molecule has 9 heteroatoms. The van der Waals surface area contributed by atoms with Crippen LogP contribution >= 0.6 is 0 Å². The summed E-state index contributed by atoms with van der Waals surface area (Å²) in [5, 5.41) is 16.4. The summed E-state index contributed by atoms with van der Waals surface area (Å²) in [4.78, 5) is 21.8. The zero-order chi connectivity index (χ0) is 15.6. The first-order valence-electron chi connectivity index (χ1n) is 5.83. The minimum absolute atomic E-state index is 0.272. The van der Waals surface area contributed by atoms with E-state index in [2.05, 4.69) is 10.4 Å². The Hall–Kier alpha value is -2.84. The maximum Gasteiger partial charge on any atom is 0.307 e. The van der Waals surface area contributed by atoms with Gasteiger partial charge in [0, 0.05) is 6.07 Å². The van der Waals surface area contributed by atoms with Crippen molar-refractivity contribution in [3.8, 4) is 0 Å². The van der Waals surface area contributed by atoms with Gasteiger partial charge in [0.15, 0.2) is 0 Å². The summed E-state index contributed by atoms with van der Waals surface area (Å²) < 4.78 is 27.5. The van der Waals surface area contributed by atoms with E-state index < -0.39 is 28.5 Å². The van der Waals surface area contributed by atoms with Crippen LogP contribution in [-0.4, -0.2) is 20.6 Å². The van der Waals surface area contributed by atoms with Crippen LogP contribution in [0.4, 0.5) is 20.2 Å². The third-order valence-corrected chi connectivity index (χ3v) is 2.76. The van der Waals surface area contributed by atoms with Crippen LogP contribution < -0.4 is 5.32 Å². The number of benzene rings is 1. The molecule has 1 N–H and O–H groups in total. The molecule has 110 valence electrons. The minimum Gasteiger partial charge on any atom is -0.322 e. The molecule has 1 amide bonds. The Morgan fingerprint density at radius 3 is 2.81 bits per heavy atom. The average molecular weight is 296 g/mol. The van der Waals surface area contributed by atoms with Gasteiger partial charge in [0.05, 0.1) is 10.6 Å². The maximum absolute atomic E-state index is 13.4. The van der Waals surface area contributed by atoms with E-state index in [1.807, 2.05) is 0 Å². The highest BCUT2D eigenvalue weighted by Gasteiger charge is 2.20. The molecule has 1 atom stereocenters. The zero-order valence-electron chi connectivity index (χ0n) is 10.8. The maximum atomic E-state index is 13.4. The second kappa shape index (κ2) is 5.65. The van der Waals surface area contributed by atoms with Gasteiger partial charge in [0.25, 0.3) is 0 Å². The monoisotopic (exact) mass is 296 g/mol. The second-order valence-electron chi connectivity index (χ2n) is 4.23. The van der Waals surface area contributed by atoms with Crippen molar-refractivity contribution in [3.05, 3.63) is 52.3 Å². The third kappa shape index (κ3) is 3.19. The molecular weight excluding hydrogens is 286 g/mol. The van der Waals surface area contributed by atoms with Crippen LogP contribution in [0, 0.1) is 21.7 Å². The highest BCUT2D eigenvalue weighted by atomic mass is 19.1. The third-order valence-electron chi connectivity index (χ3n) is 2.76. The lowest BCUT2D eigenvalue weighted by Crippen LogP contribution is -2.24. The molecule has 0 fully saturated rings. The highest BCUT2D eigenvalue weighted by molar-refractivity contribution is 5.93. The lowest BCUT2D eigenvalue weighted by molar-refractivity contribution is -0.385. The molecule has 0 spiro atoms. The van der Waals surface area contributed by atoms with Crippen molar-refractivity contribution in [2.45, 2.75) is 13.0 Å². The number of carbonyl (C=O) groups is 1. The molecule has 1 aromatic carbocycles. The van der Waals surface area contributed by atoms with Gasteiger partial charge in [-0.1, -0.05) is 0 Å². The van der Waals surface area contributed by atoms with E-state index in [0.29, 0.717) is 0 Å². The number of rotatable bonds is 4. The Morgan fingerprint density at radius 2 is 2.19 bits per heavy atom. The van der Waals surface area contributed by atoms with Gasteiger partial charge < -0.3 is 5.32 Å². The lowest BCUT2D eigenvalue weighted by atomic mass is 10.2. The Morgan fingerprint density at radius 1 is 1.48 bits per heavy atom. The second-order valence-corrected chi connectivity index (χ2v) is 4.23. The van der Waals surface area contributed by atoms with E-state index in [9.17, 15) is 23.7 Å². The number of carbonyl (C=O) groups excluding carboxylic acids is 1. The number of hydrogen-bond acceptors (Lipinski definition) is 4. The molecular formula is C12H10F2N4O3. The Kier molecular flexibility index (Phi) is 3.92. The van der Waals surface area contributed by atoms with Crippen molar-refractivity contribution in [3.63, 3.8) is 0 Å². The van der Waals surface area contributed by atoms with Gasteiger partial charge in [0.1, 0.15) is 30.1 Å². The minimum atomic E-state index is -0.929. The summed E-state index contributed by atoms with van der Waals surface area (Å²) in [6.07, 6.45) is 2.07. The van der Waals surface area contributed by atoms with Gasteiger partial charge >= 0.3 is 5.69 Å². The van der Waals surface area contributed by atoms with Crippen molar-refractivity contribution in [2.24, 2.45) is 0 Å². The van der Waals surface area contributed by atoms with Crippen molar-refractivity contribution in [1.82, 2.24) is 9.78 Å². The number of anilines is 1. The predicted octanol–water partition coefficient (Wildman–Crippen LogP) is 2.27. The molecule has 0 unspecified atom stereocenters. The molecule has 21 heavy (non-hydrogen) atoms. The van der Waals surface area contributed by atoms with E-state index >= 15 is 0 Å². The first-order chi connectivity index (χ1) is 9.88. The summed E-state index contributed by atoms with van der Waals surface area (Å²) in [6.45, 7) is 1.42. The molecule has 0 bridgehead atoms. The summed E-state index contributed by atoms with van der Waals surface area (Å²) >= 11 is 0. The van der Waals surface area contributed by atoms with Crippen LogP contribution in [0.2, 0.25) is 0 Å². The molecule has 0 aliphatic rings. The number of hydrogen-bond donors (Lipinski definition) is 1. The molecule has 7 nitrogen and oxygen atoms in total. The lowest BCUT2D eigenvalue weighted by Gasteiger charge is -2.12. The van der Waals surface area contributed by atoms with E-state index in [0.717, 1.165) is 35.3 Å². The number of nitrogens with zero attached hydrogens (tertiary/aromatic N) is 3. The van der Waals surface area contributed by atoms with Gasteiger partial charge in [-0.25, -0.2) is 8.78 Å². The number of nitrogens with one attached hydrogen (secondary N) is 1. The van der Waals surface area contributed by atoms with Gasteiger partial charge in [-0.05, 0) is 19.1 Å².